The number of aryl methyl sites for hydroxylation is 1. The van der Waals surface area contributed by atoms with Gasteiger partial charge in [0.05, 0.1) is 0 Å². The van der Waals surface area contributed by atoms with Crippen molar-refractivity contribution >= 4 is 22.2 Å². The minimum absolute atomic E-state index is 0.621. The van der Waals surface area contributed by atoms with E-state index in [1.807, 2.05) is 0 Å². The van der Waals surface area contributed by atoms with E-state index in [4.69, 9.17) is 5.73 Å². The van der Waals surface area contributed by atoms with Gasteiger partial charge in [0.2, 0.25) is 0 Å². The van der Waals surface area contributed by atoms with Crippen molar-refractivity contribution in [3.63, 3.8) is 0 Å². The highest BCUT2D eigenvalue weighted by atomic mass is 32.1. The second-order valence-electron chi connectivity index (χ2n) is 4.26. The van der Waals surface area contributed by atoms with Crippen molar-refractivity contribution in [2.24, 2.45) is 5.73 Å². The predicted octanol–water partition coefficient (Wildman–Crippen LogP) is 3.66. The molecule has 0 saturated heterocycles. The summed E-state index contributed by atoms with van der Waals surface area (Å²) in [6, 6.07) is 10.9. The van der Waals surface area contributed by atoms with Crippen LogP contribution in [0.2, 0.25) is 0 Å². The molecule has 0 radical (unpaired) electrons. The van der Waals surface area contributed by atoms with Crippen LogP contribution in [0.25, 0.3) is 22.0 Å². The van der Waals surface area contributed by atoms with E-state index in [0.717, 1.165) is 0 Å². The van der Waals surface area contributed by atoms with Gasteiger partial charge < -0.3 is 10.7 Å². The molecule has 0 bridgehead atoms. The lowest BCUT2D eigenvalue weighted by Crippen LogP contribution is -1.91. The third-order valence-corrected chi connectivity index (χ3v) is 3.90. The number of nitrogens with two attached hydrogens (primary N) is 1. The highest BCUT2D eigenvalue weighted by Gasteiger charge is 2.04. The van der Waals surface area contributed by atoms with E-state index in [-0.39, 0.29) is 0 Å². The quantitative estimate of drug-likeness (QED) is 0.707. The lowest BCUT2D eigenvalue weighted by molar-refractivity contribution is 1.11. The summed E-state index contributed by atoms with van der Waals surface area (Å²) in [6.07, 6.45) is 0. The van der Waals surface area contributed by atoms with Gasteiger partial charge in [-0.25, -0.2) is 0 Å². The molecule has 2 nitrogen and oxygen atoms in total. The molecule has 0 atom stereocenters. The van der Waals surface area contributed by atoms with Crippen LogP contribution >= 0.6 is 11.3 Å². The third kappa shape index (κ3) is 1.88. The van der Waals surface area contributed by atoms with Gasteiger partial charge in [-0.05, 0) is 47.7 Å². The first-order valence-corrected chi connectivity index (χ1v) is 6.51. The first kappa shape index (κ1) is 10.6. The average Bonchev–Trinajstić information content (AvgIpc) is 2.92. The van der Waals surface area contributed by atoms with E-state index < -0.39 is 0 Å². The Labute approximate surface area is 104 Å². The van der Waals surface area contributed by atoms with Crippen LogP contribution in [0.1, 0.15) is 10.6 Å². The zero-order valence-electron chi connectivity index (χ0n) is 9.66. The number of fused-ring (bicyclic) bond motifs is 1. The molecule has 0 aliphatic heterocycles. The number of hydrogen-bond acceptors (Lipinski definition) is 2. The molecule has 2 aromatic heterocycles. The number of rotatable bonds is 2. The highest BCUT2D eigenvalue weighted by molar-refractivity contribution is 7.10. The number of H-pyrrole nitrogens is 1. The molecular formula is C14H14N2S. The average molecular weight is 242 g/mol. The van der Waals surface area contributed by atoms with Gasteiger partial charge in [-0.1, -0.05) is 6.07 Å². The van der Waals surface area contributed by atoms with Crippen LogP contribution in [-0.2, 0) is 6.54 Å². The minimum atomic E-state index is 0.621. The van der Waals surface area contributed by atoms with Gasteiger partial charge >= 0.3 is 0 Å². The second-order valence-corrected chi connectivity index (χ2v) is 5.26. The zero-order valence-corrected chi connectivity index (χ0v) is 10.5. The maximum absolute atomic E-state index is 5.64. The fraction of sp³-hybridized carbons (Fsp3) is 0.143. The Balaban J connectivity index is 2.10. The van der Waals surface area contributed by atoms with Crippen LogP contribution in [0.4, 0.5) is 0 Å². The van der Waals surface area contributed by atoms with Gasteiger partial charge in [0.1, 0.15) is 0 Å². The fourth-order valence-corrected chi connectivity index (χ4v) is 2.87. The number of nitrogens with one attached hydrogen (secondary N) is 1. The standard InChI is InChI=1S/C14H14N2S/c1-9-4-11-5-10(2-3-14(11)16-9)12-6-13(7-15)17-8-12/h2-6,8,16H,7,15H2,1H3. The summed E-state index contributed by atoms with van der Waals surface area (Å²) in [5.41, 5.74) is 10.6. The van der Waals surface area contributed by atoms with Gasteiger partial charge in [-0.2, -0.15) is 0 Å². The smallest absolute Gasteiger partial charge is 0.0456 e. The van der Waals surface area contributed by atoms with E-state index in [1.54, 1.807) is 11.3 Å². The summed E-state index contributed by atoms with van der Waals surface area (Å²) in [5, 5.41) is 3.43. The van der Waals surface area contributed by atoms with E-state index in [9.17, 15) is 0 Å². The fourth-order valence-electron chi connectivity index (χ4n) is 2.10. The summed E-state index contributed by atoms with van der Waals surface area (Å²) >= 11 is 1.72. The Morgan fingerprint density at radius 3 is 2.82 bits per heavy atom. The van der Waals surface area contributed by atoms with Crippen molar-refractivity contribution in [1.29, 1.82) is 0 Å². The van der Waals surface area contributed by atoms with Crippen molar-refractivity contribution in [1.82, 2.24) is 4.98 Å². The molecule has 3 N–H and O–H groups in total. The van der Waals surface area contributed by atoms with Gasteiger partial charge in [0, 0.05) is 28.0 Å². The number of aromatic nitrogens is 1. The molecule has 0 unspecified atom stereocenters. The van der Waals surface area contributed by atoms with Crippen LogP contribution < -0.4 is 5.73 Å². The first-order valence-electron chi connectivity index (χ1n) is 5.63. The Morgan fingerprint density at radius 2 is 2.06 bits per heavy atom. The molecule has 17 heavy (non-hydrogen) atoms. The largest absolute Gasteiger partial charge is 0.359 e. The molecule has 2 heterocycles. The molecule has 3 rings (SSSR count). The summed E-state index contributed by atoms with van der Waals surface area (Å²) in [7, 11) is 0. The zero-order chi connectivity index (χ0) is 11.8. The van der Waals surface area contributed by atoms with Crippen molar-refractivity contribution in [3.8, 4) is 11.1 Å². The molecule has 0 aliphatic carbocycles. The summed E-state index contributed by atoms with van der Waals surface area (Å²) in [5.74, 6) is 0. The summed E-state index contributed by atoms with van der Waals surface area (Å²) in [6.45, 7) is 2.70. The molecule has 0 saturated carbocycles. The van der Waals surface area contributed by atoms with Gasteiger partial charge in [0.15, 0.2) is 0 Å². The maximum Gasteiger partial charge on any atom is 0.0456 e. The lowest BCUT2D eigenvalue weighted by atomic mass is 10.1. The molecular weight excluding hydrogens is 228 g/mol. The third-order valence-electron chi connectivity index (χ3n) is 2.94. The van der Waals surface area contributed by atoms with E-state index in [2.05, 4.69) is 47.6 Å². The first-order chi connectivity index (χ1) is 8.26. The topological polar surface area (TPSA) is 41.8 Å². The Morgan fingerprint density at radius 1 is 1.18 bits per heavy atom. The Kier molecular flexibility index (Phi) is 2.50. The van der Waals surface area contributed by atoms with E-state index >= 15 is 0 Å². The summed E-state index contributed by atoms with van der Waals surface area (Å²) < 4.78 is 0. The molecule has 86 valence electrons. The predicted molar refractivity (Wildman–Crippen MR) is 74.2 cm³/mol. The molecule has 0 aliphatic rings. The molecule has 0 amide bonds. The normalized spacial score (nSPS) is 11.2. The van der Waals surface area contributed by atoms with Crippen LogP contribution in [0.15, 0.2) is 35.7 Å². The molecule has 0 fully saturated rings. The van der Waals surface area contributed by atoms with Crippen molar-refractivity contribution in [2.45, 2.75) is 13.5 Å². The van der Waals surface area contributed by atoms with Gasteiger partial charge in [-0.3, -0.25) is 0 Å². The lowest BCUT2D eigenvalue weighted by Gasteiger charge is -1.97. The van der Waals surface area contributed by atoms with Gasteiger partial charge in [-0.15, -0.1) is 11.3 Å². The van der Waals surface area contributed by atoms with E-state index in [1.165, 1.54) is 32.6 Å². The SMILES string of the molecule is Cc1cc2cc(-c3csc(CN)c3)ccc2[nH]1. The maximum atomic E-state index is 5.64. The number of hydrogen-bond donors (Lipinski definition) is 2. The van der Waals surface area contributed by atoms with Crippen molar-refractivity contribution in [3.05, 3.63) is 46.3 Å². The van der Waals surface area contributed by atoms with E-state index in [0.29, 0.717) is 6.54 Å². The molecule has 0 spiro atoms. The molecule has 1 aromatic carbocycles. The highest BCUT2D eigenvalue weighted by Crippen LogP contribution is 2.28. The Bertz CT molecular complexity index is 664. The number of aromatic amines is 1. The van der Waals surface area contributed by atoms with Crippen LogP contribution in [0.3, 0.4) is 0 Å². The Hall–Kier alpha value is -1.58. The second kappa shape index (κ2) is 4.02. The number of thiophene rings is 1. The van der Waals surface area contributed by atoms with Crippen molar-refractivity contribution < 1.29 is 0 Å². The molecule has 3 aromatic rings. The van der Waals surface area contributed by atoms with Crippen LogP contribution in [-0.4, -0.2) is 4.98 Å². The van der Waals surface area contributed by atoms with Crippen LogP contribution in [0.5, 0.6) is 0 Å². The molecule has 3 heteroatoms. The summed E-state index contributed by atoms with van der Waals surface area (Å²) in [4.78, 5) is 4.56. The van der Waals surface area contributed by atoms with Crippen molar-refractivity contribution in [2.75, 3.05) is 0 Å². The van der Waals surface area contributed by atoms with Gasteiger partial charge in [0.25, 0.3) is 0 Å². The van der Waals surface area contributed by atoms with Crippen LogP contribution in [0, 0.1) is 6.92 Å². The minimum Gasteiger partial charge on any atom is -0.359 e. The monoisotopic (exact) mass is 242 g/mol. The number of benzene rings is 1.